The zero-order valence-electron chi connectivity index (χ0n) is 13.0. The highest BCUT2D eigenvalue weighted by Gasteiger charge is 2.24. The summed E-state index contributed by atoms with van der Waals surface area (Å²) in [5.74, 6) is 0. The van der Waals surface area contributed by atoms with E-state index in [4.69, 9.17) is 4.74 Å². The molecule has 0 saturated carbocycles. The molecule has 2 rings (SSSR count). The maximum Gasteiger partial charge on any atom is 0.0731 e. The summed E-state index contributed by atoms with van der Waals surface area (Å²) in [6.07, 6.45) is 7.50. The Labute approximate surface area is 123 Å². The Balaban J connectivity index is 1.97. The standard InChI is InChI=1S/C18H29NO/c1-3-12-19-17(18-7-5-6-13-20-18)14-16-10-8-15(4-2)9-11-16/h8-11,17-19H,3-7,12-14H2,1-2H3. The molecule has 0 aromatic heterocycles. The molecule has 1 heterocycles. The number of ether oxygens (including phenoxy) is 1. The number of hydrogen-bond donors (Lipinski definition) is 1. The molecule has 0 radical (unpaired) electrons. The lowest BCUT2D eigenvalue weighted by Gasteiger charge is -2.31. The molecule has 2 nitrogen and oxygen atoms in total. The van der Waals surface area contributed by atoms with Crippen LogP contribution < -0.4 is 5.32 Å². The zero-order valence-corrected chi connectivity index (χ0v) is 13.0. The van der Waals surface area contributed by atoms with Crippen LogP contribution in [0.3, 0.4) is 0 Å². The minimum absolute atomic E-state index is 0.390. The molecule has 1 N–H and O–H groups in total. The Morgan fingerprint density at radius 2 is 1.90 bits per heavy atom. The van der Waals surface area contributed by atoms with E-state index in [2.05, 4.69) is 43.4 Å². The van der Waals surface area contributed by atoms with Gasteiger partial charge in [-0.25, -0.2) is 0 Å². The van der Waals surface area contributed by atoms with Crippen molar-refractivity contribution < 1.29 is 4.74 Å². The van der Waals surface area contributed by atoms with Crippen molar-refractivity contribution in [1.29, 1.82) is 0 Å². The van der Waals surface area contributed by atoms with E-state index in [1.165, 1.54) is 36.8 Å². The lowest BCUT2D eigenvalue weighted by Crippen LogP contribution is -2.44. The third-order valence-corrected chi connectivity index (χ3v) is 4.21. The minimum Gasteiger partial charge on any atom is -0.377 e. The van der Waals surface area contributed by atoms with E-state index >= 15 is 0 Å². The molecule has 1 aromatic rings. The summed E-state index contributed by atoms with van der Waals surface area (Å²) in [5, 5.41) is 3.69. The summed E-state index contributed by atoms with van der Waals surface area (Å²) in [6, 6.07) is 9.54. The first-order chi connectivity index (χ1) is 9.83. The van der Waals surface area contributed by atoms with Gasteiger partial charge in [-0.2, -0.15) is 0 Å². The fraction of sp³-hybridized carbons (Fsp3) is 0.667. The third kappa shape index (κ3) is 4.60. The smallest absolute Gasteiger partial charge is 0.0731 e. The van der Waals surface area contributed by atoms with Crippen LogP contribution in [0, 0.1) is 0 Å². The first-order valence-electron chi connectivity index (χ1n) is 8.26. The van der Waals surface area contributed by atoms with E-state index in [-0.39, 0.29) is 0 Å². The van der Waals surface area contributed by atoms with Crippen LogP contribution in [0.4, 0.5) is 0 Å². The first-order valence-corrected chi connectivity index (χ1v) is 8.26. The van der Waals surface area contributed by atoms with Gasteiger partial charge in [0, 0.05) is 12.6 Å². The molecule has 1 aliphatic rings. The summed E-state index contributed by atoms with van der Waals surface area (Å²) in [5.41, 5.74) is 2.84. The second kappa shape index (κ2) is 8.43. The predicted octanol–water partition coefficient (Wildman–Crippen LogP) is 3.73. The Morgan fingerprint density at radius 1 is 1.15 bits per heavy atom. The van der Waals surface area contributed by atoms with Crippen molar-refractivity contribution in [3.8, 4) is 0 Å². The molecule has 0 spiro atoms. The maximum atomic E-state index is 5.99. The van der Waals surface area contributed by atoms with Crippen molar-refractivity contribution in [2.24, 2.45) is 0 Å². The predicted molar refractivity (Wildman–Crippen MR) is 85.2 cm³/mol. The molecule has 0 amide bonds. The van der Waals surface area contributed by atoms with Gasteiger partial charge in [-0.1, -0.05) is 38.1 Å². The normalized spacial score (nSPS) is 20.8. The van der Waals surface area contributed by atoms with E-state index in [0.29, 0.717) is 12.1 Å². The van der Waals surface area contributed by atoms with Crippen molar-refractivity contribution >= 4 is 0 Å². The largest absolute Gasteiger partial charge is 0.377 e. The molecule has 2 heteroatoms. The molecule has 1 fully saturated rings. The quantitative estimate of drug-likeness (QED) is 0.818. The molecule has 20 heavy (non-hydrogen) atoms. The minimum atomic E-state index is 0.390. The van der Waals surface area contributed by atoms with Gasteiger partial charge in [0.15, 0.2) is 0 Å². The second-order valence-electron chi connectivity index (χ2n) is 5.84. The van der Waals surface area contributed by atoms with Gasteiger partial charge in [0.1, 0.15) is 0 Å². The molecule has 0 aliphatic carbocycles. The van der Waals surface area contributed by atoms with Gasteiger partial charge in [-0.15, -0.1) is 0 Å². The van der Waals surface area contributed by atoms with Gasteiger partial charge in [0.05, 0.1) is 6.10 Å². The van der Waals surface area contributed by atoms with Crippen molar-refractivity contribution in [3.63, 3.8) is 0 Å². The van der Waals surface area contributed by atoms with E-state index < -0.39 is 0 Å². The molecule has 2 atom stereocenters. The summed E-state index contributed by atoms with van der Waals surface area (Å²) < 4.78 is 5.99. The monoisotopic (exact) mass is 275 g/mol. The highest BCUT2D eigenvalue weighted by molar-refractivity contribution is 5.23. The van der Waals surface area contributed by atoms with Crippen LogP contribution >= 0.6 is 0 Å². The van der Waals surface area contributed by atoms with E-state index in [0.717, 1.165) is 26.0 Å². The number of nitrogens with one attached hydrogen (secondary N) is 1. The van der Waals surface area contributed by atoms with Crippen LogP contribution in [-0.2, 0) is 17.6 Å². The fourth-order valence-corrected chi connectivity index (χ4v) is 2.91. The Kier molecular flexibility index (Phi) is 6.55. The highest BCUT2D eigenvalue weighted by atomic mass is 16.5. The molecule has 1 saturated heterocycles. The Bertz CT molecular complexity index is 368. The summed E-state index contributed by atoms with van der Waals surface area (Å²) in [7, 11) is 0. The van der Waals surface area contributed by atoms with Crippen molar-refractivity contribution in [2.75, 3.05) is 13.2 Å². The molecule has 1 aliphatic heterocycles. The average Bonchev–Trinajstić information content (AvgIpc) is 2.53. The molecule has 2 unspecified atom stereocenters. The van der Waals surface area contributed by atoms with Crippen LogP contribution in [0.15, 0.2) is 24.3 Å². The van der Waals surface area contributed by atoms with Gasteiger partial charge < -0.3 is 10.1 Å². The maximum absolute atomic E-state index is 5.99. The summed E-state index contributed by atoms with van der Waals surface area (Å²) >= 11 is 0. The molecular weight excluding hydrogens is 246 g/mol. The van der Waals surface area contributed by atoms with E-state index in [1.807, 2.05) is 0 Å². The van der Waals surface area contributed by atoms with Crippen LogP contribution in [0.1, 0.15) is 50.7 Å². The van der Waals surface area contributed by atoms with Gasteiger partial charge in [-0.3, -0.25) is 0 Å². The number of aryl methyl sites for hydroxylation is 1. The SMILES string of the molecule is CCCNC(Cc1ccc(CC)cc1)C1CCCCO1. The van der Waals surface area contributed by atoms with E-state index in [9.17, 15) is 0 Å². The molecule has 1 aromatic carbocycles. The van der Waals surface area contributed by atoms with Crippen molar-refractivity contribution in [2.45, 2.75) is 64.5 Å². The second-order valence-corrected chi connectivity index (χ2v) is 5.84. The Morgan fingerprint density at radius 3 is 2.50 bits per heavy atom. The first kappa shape index (κ1) is 15.5. The topological polar surface area (TPSA) is 21.3 Å². The van der Waals surface area contributed by atoms with Crippen LogP contribution in [0.5, 0.6) is 0 Å². The number of rotatable bonds is 7. The van der Waals surface area contributed by atoms with Crippen LogP contribution in [-0.4, -0.2) is 25.3 Å². The van der Waals surface area contributed by atoms with Crippen molar-refractivity contribution in [3.05, 3.63) is 35.4 Å². The molecule has 0 bridgehead atoms. The third-order valence-electron chi connectivity index (χ3n) is 4.21. The van der Waals surface area contributed by atoms with Crippen LogP contribution in [0.2, 0.25) is 0 Å². The van der Waals surface area contributed by atoms with Crippen molar-refractivity contribution in [1.82, 2.24) is 5.32 Å². The highest BCUT2D eigenvalue weighted by Crippen LogP contribution is 2.19. The summed E-state index contributed by atoms with van der Waals surface area (Å²) in [4.78, 5) is 0. The Hall–Kier alpha value is -0.860. The molecular formula is C18H29NO. The van der Waals surface area contributed by atoms with Gasteiger partial charge in [0.2, 0.25) is 0 Å². The van der Waals surface area contributed by atoms with E-state index in [1.54, 1.807) is 0 Å². The molecule has 112 valence electrons. The van der Waals surface area contributed by atoms with Crippen LogP contribution in [0.25, 0.3) is 0 Å². The van der Waals surface area contributed by atoms with Gasteiger partial charge in [0.25, 0.3) is 0 Å². The van der Waals surface area contributed by atoms with Gasteiger partial charge >= 0.3 is 0 Å². The lowest BCUT2D eigenvalue weighted by molar-refractivity contribution is -0.00737. The number of benzene rings is 1. The average molecular weight is 275 g/mol. The fourth-order valence-electron chi connectivity index (χ4n) is 2.91. The summed E-state index contributed by atoms with van der Waals surface area (Å²) in [6.45, 7) is 6.44. The zero-order chi connectivity index (χ0) is 14.2. The number of hydrogen-bond acceptors (Lipinski definition) is 2. The lowest BCUT2D eigenvalue weighted by atomic mass is 9.95. The van der Waals surface area contributed by atoms with Gasteiger partial charge in [-0.05, 0) is 56.2 Å².